The Morgan fingerprint density at radius 2 is 1.96 bits per heavy atom. The first kappa shape index (κ1) is 17.1. The summed E-state index contributed by atoms with van der Waals surface area (Å²) in [6.07, 6.45) is 2.59. The lowest BCUT2D eigenvalue weighted by Crippen LogP contribution is -2.47. The molecule has 1 aliphatic heterocycles. The van der Waals surface area contributed by atoms with Gasteiger partial charge < -0.3 is 19.5 Å². The normalized spacial score (nSPS) is 15.0. The fraction of sp³-hybridized carbons (Fsp3) is 0.471. The molecule has 25 heavy (non-hydrogen) atoms. The molecule has 0 spiro atoms. The fourth-order valence-corrected chi connectivity index (χ4v) is 2.44. The first-order valence-corrected chi connectivity index (χ1v) is 8.23. The van der Waals surface area contributed by atoms with Crippen LogP contribution in [0.2, 0.25) is 0 Å². The van der Waals surface area contributed by atoms with E-state index in [-0.39, 0.29) is 24.7 Å². The Hall–Kier alpha value is -2.77. The maximum absolute atomic E-state index is 12.5. The highest BCUT2D eigenvalue weighted by atomic mass is 16.7. The lowest BCUT2D eigenvalue weighted by molar-refractivity contribution is -0.128. The SMILES string of the molecule is CC(Oc1ccc2c(c1)OCO2)C(=O)NC(Cn1nccn1)C(C)C. The van der Waals surface area contributed by atoms with E-state index in [1.54, 1.807) is 42.3 Å². The highest BCUT2D eigenvalue weighted by Gasteiger charge is 2.23. The van der Waals surface area contributed by atoms with Crippen LogP contribution in [0.4, 0.5) is 0 Å². The molecule has 0 bridgehead atoms. The zero-order chi connectivity index (χ0) is 17.8. The van der Waals surface area contributed by atoms with Crippen LogP contribution in [0.5, 0.6) is 17.2 Å². The quantitative estimate of drug-likeness (QED) is 0.820. The largest absolute Gasteiger partial charge is 0.481 e. The zero-order valence-corrected chi connectivity index (χ0v) is 14.5. The van der Waals surface area contributed by atoms with E-state index < -0.39 is 6.10 Å². The summed E-state index contributed by atoms with van der Waals surface area (Å²) in [4.78, 5) is 14.0. The van der Waals surface area contributed by atoms with Crippen molar-refractivity contribution < 1.29 is 19.0 Å². The highest BCUT2D eigenvalue weighted by molar-refractivity contribution is 5.81. The molecule has 1 aromatic heterocycles. The number of aromatic nitrogens is 3. The van der Waals surface area contributed by atoms with Gasteiger partial charge in [0.25, 0.3) is 5.91 Å². The van der Waals surface area contributed by atoms with Gasteiger partial charge >= 0.3 is 0 Å². The van der Waals surface area contributed by atoms with E-state index in [2.05, 4.69) is 15.5 Å². The molecule has 1 amide bonds. The third-order valence-electron chi connectivity index (χ3n) is 3.99. The molecule has 2 atom stereocenters. The molecular formula is C17H22N4O4. The molecule has 0 saturated carbocycles. The standard InChI is InChI=1S/C17H22N4O4/c1-11(2)14(9-21-18-6-7-19-21)20-17(22)12(3)25-13-4-5-15-16(8-13)24-10-23-15/h4-8,11-12,14H,9-10H2,1-3H3,(H,20,22). The van der Waals surface area contributed by atoms with Gasteiger partial charge in [0, 0.05) is 6.07 Å². The third kappa shape index (κ3) is 4.20. The number of nitrogens with one attached hydrogen (secondary N) is 1. The Labute approximate surface area is 146 Å². The predicted octanol–water partition coefficient (Wildman–Crippen LogP) is 1.62. The molecular weight excluding hydrogens is 324 g/mol. The minimum atomic E-state index is -0.646. The average molecular weight is 346 g/mol. The number of hydrogen-bond donors (Lipinski definition) is 1. The van der Waals surface area contributed by atoms with Gasteiger partial charge in [-0.25, -0.2) is 0 Å². The first-order valence-electron chi connectivity index (χ1n) is 8.23. The summed E-state index contributed by atoms with van der Waals surface area (Å²) in [6, 6.07) is 5.15. The second-order valence-electron chi connectivity index (χ2n) is 6.22. The Kier molecular flexibility index (Phi) is 5.06. The topological polar surface area (TPSA) is 87.5 Å². The van der Waals surface area contributed by atoms with Gasteiger partial charge in [0.05, 0.1) is 25.0 Å². The second kappa shape index (κ2) is 7.42. The van der Waals surface area contributed by atoms with Crippen LogP contribution in [0.3, 0.4) is 0 Å². The third-order valence-corrected chi connectivity index (χ3v) is 3.99. The zero-order valence-electron chi connectivity index (χ0n) is 14.5. The van der Waals surface area contributed by atoms with E-state index in [0.717, 1.165) is 0 Å². The Balaban J connectivity index is 1.59. The summed E-state index contributed by atoms with van der Waals surface area (Å²) in [6.45, 7) is 6.50. The molecule has 1 aliphatic rings. The van der Waals surface area contributed by atoms with E-state index in [1.807, 2.05) is 13.8 Å². The minimum absolute atomic E-state index is 0.0947. The van der Waals surface area contributed by atoms with Gasteiger partial charge in [0.15, 0.2) is 17.6 Å². The van der Waals surface area contributed by atoms with Crippen LogP contribution < -0.4 is 19.5 Å². The summed E-state index contributed by atoms with van der Waals surface area (Å²) in [5.74, 6) is 1.89. The van der Waals surface area contributed by atoms with Crippen molar-refractivity contribution in [3.8, 4) is 17.2 Å². The summed E-state index contributed by atoms with van der Waals surface area (Å²) >= 11 is 0. The molecule has 1 aromatic carbocycles. The number of carbonyl (C=O) groups is 1. The van der Waals surface area contributed by atoms with Gasteiger partial charge in [-0.05, 0) is 25.0 Å². The van der Waals surface area contributed by atoms with Crippen molar-refractivity contribution in [3.05, 3.63) is 30.6 Å². The number of rotatable bonds is 7. The number of fused-ring (bicyclic) bond motifs is 1. The second-order valence-corrected chi connectivity index (χ2v) is 6.22. The fourth-order valence-electron chi connectivity index (χ4n) is 2.44. The smallest absolute Gasteiger partial charge is 0.261 e. The summed E-state index contributed by atoms with van der Waals surface area (Å²) in [5, 5.41) is 11.2. The van der Waals surface area contributed by atoms with E-state index in [9.17, 15) is 4.79 Å². The van der Waals surface area contributed by atoms with Gasteiger partial charge in [-0.2, -0.15) is 15.0 Å². The molecule has 8 heteroatoms. The number of carbonyl (C=O) groups excluding carboxylic acids is 1. The van der Waals surface area contributed by atoms with Crippen molar-refractivity contribution in [3.63, 3.8) is 0 Å². The molecule has 8 nitrogen and oxygen atoms in total. The number of benzene rings is 1. The average Bonchev–Trinajstić information content (AvgIpc) is 3.24. The molecule has 0 aliphatic carbocycles. The van der Waals surface area contributed by atoms with E-state index >= 15 is 0 Å². The van der Waals surface area contributed by atoms with Crippen molar-refractivity contribution >= 4 is 5.91 Å². The summed E-state index contributed by atoms with van der Waals surface area (Å²) in [5.41, 5.74) is 0. The molecule has 0 saturated heterocycles. The Morgan fingerprint density at radius 3 is 2.68 bits per heavy atom. The van der Waals surface area contributed by atoms with Crippen LogP contribution in [-0.2, 0) is 11.3 Å². The van der Waals surface area contributed by atoms with E-state index in [1.165, 1.54) is 0 Å². The molecule has 1 N–H and O–H groups in total. The van der Waals surface area contributed by atoms with Crippen molar-refractivity contribution in [2.24, 2.45) is 5.92 Å². The number of amides is 1. The maximum Gasteiger partial charge on any atom is 0.261 e. The van der Waals surface area contributed by atoms with Crippen LogP contribution >= 0.6 is 0 Å². The number of hydrogen-bond acceptors (Lipinski definition) is 6. The molecule has 134 valence electrons. The van der Waals surface area contributed by atoms with Crippen molar-refractivity contribution in [1.29, 1.82) is 0 Å². The van der Waals surface area contributed by atoms with Crippen LogP contribution in [0, 0.1) is 5.92 Å². The van der Waals surface area contributed by atoms with Crippen molar-refractivity contribution in [2.45, 2.75) is 39.5 Å². The van der Waals surface area contributed by atoms with Gasteiger partial charge in [-0.1, -0.05) is 13.8 Å². The monoisotopic (exact) mass is 346 g/mol. The lowest BCUT2D eigenvalue weighted by Gasteiger charge is -2.24. The van der Waals surface area contributed by atoms with Crippen LogP contribution in [0.1, 0.15) is 20.8 Å². The maximum atomic E-state index is 12.5. The van der Waals surface area contributed by atoms with E-state index in [4.69, 9.17) is 14.2 Å². The van der Waals surface area contributed by atoms with Crippen molar-refractivity contribution in [2.75, 3.05) is 6.79 Å². The molecule has 2 unspecified atom stereocenters. The van der Waals surface area contributed by atoms with Gasteiger partial charge in [0.1, 0.15) is 5.75 Å². The summed E-state index contributed by atoms with van der Waals surface area (Å²) < 4.78 is 16.3. The van der Waals surface area contributed by atoms with Gasteiger partial charge in [0.2, 0.25) is 6.79 Å². The molecule has 0 fully saturated rings. The molecule has 3 rings (SSSR count). The Morgan fingerprint density at radius 1 is 1.24 bits per heavy atom. The van der Waals surface area contributed by atoms with Gasteiger partial charge in [-0.3, -0.25) is 4.79 Å². The van der Waals surface area contributed by atoms with Crippen LogP contribution in [0.25, 0.3) is 0 Å². The van der Waals surface area contributed by atoms with E-state index in [0.29, 0.717) is 23.8 Å². The Bertz CT molecular complexity index is 717. The minimum Gasteiger partial charge on any atom is -0.481 e. The molecule has 2 aromatic rings. The molecule has 0 radical (unpaired) electrons. The van der Waals surface area contributed by atoms with Crippen LogP contribution in [0.15, 0.2) is 30.6 Å². The van der Waals surface area contributed by atoms with Crippen molar-refractivity contribution in [1.82, 2.24) is 20.3 Å². The van der Waals surface area contributed by atoms with Gasteiger partial charge in [-0.15, -0.1) is 0 Å². The summed E-state index contributed by atoms with van der Waals surface area (Å²) in [7, 11) is 0. The first-order chi connectivity index (χ1) is 12.0. The number of ether oxygens (including phenoxy) is 3. The number of nitrogens with zero attached hydrogens (tertiary/aromatic N) is 3. The van der Waals surface area contributed by atoms with Crippen LogP contribution in [-0.4, -0.2) is 39.8 Å². The lowest BCUT2D eigenvalue weighted by atomic mass is 10.0. The highest BCUT2D eigenvalue weighted by Crippen LogP contribution is 2.35. The molecule has 2 heterocycles. The predicted molar refractivity (Wildman–Crippen MR) is 89.4 cm³/mol.